The van der Waals surface area contributed by atoms with Crippen LogP contribution in [0.15, 0.2) is 29.6 Å². The molecular formula is C17H16N6O3S. The molecule has 0 atom stereocenters. The van der Waals surface area contributed by atoms with Gasteiger partial charge in [0.05, 0.1) is 29.2 Å². The minimum absolute atomic E-state index is 0.0663. The molecule has 0 fully saturated rings. The van der Waals surface area contributed by atoms with Crippen molar-refractivity contribution < 1.29 is 14.3 Å². The number of ether oxygens (including phenoxy) is 1. The summed E-state index contributed by atoms with van der Waals surface area (Å²) < 4.78 is 5.57. The Morgan fingerprint density at radius 3 is 2.74 bits per heavy atom. The molecule has 0 radical (unpaired) electrons. The summed E-state index contributed by atoms with van der Waals surface area (Å²) in [6.45, 7) is 1.92. The molecule has 0 unspecified atom stereocenters. The topological polar surface area (TPSA) is 132 Å². The molecule has 27 heavy (non-hydrogen) atoms. The number of hydrogen-bond acceptors (Lipinski definition) is 8. The van der Waals surface area contributed by atoms with E-state index in [1.807, 2.05) is 24.4 Å². The van der Waals surface area contributed by atoms with Crippen molar-refractivity contribution in [3.63, 3.8) is 0 Å². The number of amides is 2. The average molecular weight is 384 g/mol. The lowest BCUT2D eigenvalue weighted by atomic mass is 10.1. The minimum Gasteiger partial charge on any atom is -0.494 e. The van der Waals surface area contributed by atoms with Crippen molar-refractivity contribution in [2.45, 2.75) is 6.92 Å². The molecule has 0 aliphatic heterocycles. The Bertz CT molecular complexity index is 1000. The molecule has 0 aliphatic carbocycles. The molecule has 2 amide bonds. The Morgan fingerprint density at radius 2 is 2.11 bits per heavy atom. The highest BCUT2D eigenvalue weighted by molar-refractivity contribution is 7.09. The van der Waals surface area contributed by atoms with Gasteiger partial charge in [0, 0.05) is 17.0 Å². The Morgan fingerprint density at radius 1 is 1.30 bits per heavy atom. The molecular weight excluding hydrogens is 368 g/mol. The van der Waals surface area contributed by atoms with Gasteiger partial charge in [0.2, 0.25) is 6.41 Å². The second kappa shape index (κ2) is 7.79. The van der Waals surface area contributed by atoms with Crippen molar-refractivity contribution in [3.8, 4) is 17.0 Å². The first-order valence-corrected chi connectivity index (χ1v) is 8.65. The van der Waals surface area contributed by atoms with Crippen LogP contribution in [-0.4, -0.2) is 34.6 Å². The first-order chi connectivity index (χ1) is 13.0. The molecule has 10 heteroatoms. The van der Waals surface area contributed by atoms with Crippen molar-refractivity contribution in [2.24, 2.45) is 5.73 Å². The van der Waals surface area contributed by atoms with Crippen molar-refractivity contribution in [1.29, 1.82) is 0 Å². The molecule has 4 N–H and O–H groups in total. The Labute approximate surface area is 158 Å². The monoisotopic (exact) mass is 384 g/mol. The van der Waals surface area contributed by atoms with E-state index in [0.29, 0.717) is 17.8 Å². The van der Waals surface area contributed by atoms with Crippen molar-refractivity contribution in [3.05, 3.63) is 40.3 Å². The largest absolute Gasteiger partial charge is 0.494 e. The lowest BCUT2D eigenvalue weighted by molar-refractivity contribution is -0.105. The number of nitrogens with zero attached hydrogens (tertiary/aromatic N) is 3. The van der Waals surface area contributed by atoms with E-state index in [1.165, 1.54) is 17.4 Å². The number of para-hydroxylation sites is 1. The predicted octanol–water partition coefficient (Wildman–Crippen LogP) is 2.33. The molecule has 0 saturated carbocycles. The maximum atomic E-state index is 11.7. The zero-order chi connectivity index (χ0) is 19.4. The first kappa shape index (κ1) is 18.3. The summed E-state index contributed by atoms with van der Waals surface area (Å²) in [5, 5.41) is 15.8. The number of thiazole rings is 1. The number of hydrogen-bond donors (Lipinski definition) is 3. The molecule has 0 bridgehead atoms. The van der Waals surface area contributed by atoms with Gasteiger partial charge in [-0.2, -0.15) is 0 Å². The van der Waals surface area contributed by atoms with E-state index in [9.17, 15) is 9.59 Å². The standard InChI is InChI=1S/C17H16N6O3S/c1-9-20-13(7-27-9)10-4-3-5-11(16(10)26-2)21-12-6-14(19-8-24)22-23-15(12)17(18)25/h3-8H,1-2H3,(H2,18,25)(H2,19,21,22,24). The summed E-state index contributed by atoms with van der Waals surface area (Å²) in [7, 11) is 1.54. The SMILES string of the molecule is COc1c(Nc2cc(NC=O)nnc2C(N)=O)cccc1-c1csc(C)n1. The number of nitrogens with two attached hydrogens (primary N) is 1. The van der Waals surface area contributed by atoms with Gasteiger partial charge in [0.1, 0.15) is 0 Å². The van der Waals surface area contributed by atoms with Gasteiger partial charge in [0.25, 0.3) is 5.91 Å². The fourth-order valence-corrected chi connectivity index (χ4v) is 3.10. The Balaban J connectivity index is 2.06. The van der Waals surface area contributed by atoms with Crippen LogP contribution >= 0.6 is 11.3 Å². The molecule has 9 nitrogen and oxygen atoms in total. The molecule has 0 spiro atoms. The van der Waals surface area contributed by atoms with Crippen LogP contribution in [0, 0.1) is 6.92 Å². The van der Waals surface area contributed by atoms with Crippen LogP contribution in [0.2, 0.25) is 0 Å². The van der Waals surface area contributed by atoms with Crippen LogP contribution in [-0.2, 0) is 4.79 Å². The quantitative estimate of drug-likeness (QED) is 0.533. The summed E-state index contributed by atoms with van der Waals surface area (Å²) in [4.78, 5) is 26.8. The summed E-state index contributed by atoms with van der Waals surface area (Å²) in [5.41, 5.74) is 7.74. The highest BCUT2D eigenvalue weighted by Crippen LogP contribution is 2.38. The Hall–Kier alpha value is -3.53. The van der Waals surface area contributed by atoms with Crippen LogP contribution in [0.5, 0.6) is 5.75 Å². The molecule has 0 aliphatic rings. The molecule has 3 aromatic rings. The zero-order valence-electron chi connectivity index (χ0n) is 14.5. The summed E-state index contributed by atoms with van der Waals surface area (Å²) >= 11 is 1.53. The van der Waals surface area contributed by atoms with Gasteiger partial charge in [-0.15, -0.1) is 21.5 Å². The van der Waals surface area contributed by atoms with E-state index >= 15 is 0 Å². The second-order valence-electron chi connectivity index (χ2n) is 5.38. The maximum absolute atomic E-state index is 11.7. The smallest absolute Gasteiger partial charge is 0.271 e. The number of carbonyl (C=O) groups excluding carboxylic acids is 2. The van der Waals surface area contributed by atoms with Gasteiger partial charge in [0.15, 0.2) is 17.3 Å². The van der Waals surface area contributed by atoms with E-state index in [2.05, 4.69) is 25.8 Å². The number of carbonyl (C=O) groups is 2. The number of aromatic nitrogens is 3. The van der Waals surface area contributed by atoms with E-state index < -0.39 is 5.91 Å². The average Bonchev–Trinajstić information content (AvgIpc) is 3.08. The lowest BCUT2D eigenvalue weighted by Gasteiger charge is -2.15. The van der Waals surface area contributed by atoms with Gasteiger partial charge in [-0.3, -0.25) is 9.59 Å². The number of primary amides is 1. The van der Waals surface area contributed by atoms with E-state index in [0.717, 1.165) is 16.3 Å². The number of anilines is 3. The zero-order valence-corrected chi connectivity index (χ0v) is 15.3. The highest BCUT2D eigenvalue weighted by Gasteiger charge is 2.17. The van der Waals surface area contributed by atoms with Crippen LogP contribution in [0.3, 0.4) is 0 Å². The summed E-state index contributed by atoms with van der Waals surface area (Å²) in [5.74, 6) is -0.0458. The number of aryl methyl sites for hydroxylation is 1. The van der Waals surface area contributed by atoms with Crippen LogP contribution < -0.4 is 21.1 Å². The molecule has 2 heterocycles. The molecule has 3 rings (SSSR count). The summed E-state index contributed by atoms with van der Waals surface area (Å²) in [6.07, 6.45) is 0.462. The van der Waals surface area contributed by atoms with E-state index in [4.69, 9.17) is 10.5 Å². The van der Waals surface area contributed by atoms with Crippen LogP contribution in [0.4, 0.5) is 17.2 Å². The Kier molecular flexibility index (Phi) is 5.27. The predicted molar refractivity (Wildman–Crippen MR) is 102 cm³/mol. The molecule has 138 valence electrons. The van der Waals surface area contributed by atoms with Crippen molar-refractivity contribution in [2.75, 3.05) is 17.7 Å². The van der Waals surface area contributed by atoms with Crippen LogP contribution in [0.1, 0.15) is 15.5 Å². The van der Waals surface area contributed by atoms with Gasteiger partial charge >= 0.3 is 0 Å². The first-order valence-electron chi connectivity index (χ1n) is 7.77. The summed E-state index contributed by atoms with van der Waals surface area (Å²) in [6, 6.07) is 6.95. The fourth-order valence-electron chi connectivity index (χ4n) is 2.49. The van der Waals surface area contributed by atoms with Gasteiger partial charge in [-0.1, -0.05) is 6.07 Å². The third kappa shape index (κ3) is 3.85. The van der Waals surface area contributed by atoms with Gasteiger partial charge < -0.3 is 21.1 Å². The number of nitrogens with one attached hydrogen (secondary N) is 2. The fraction of sp³-hybridized carbons (Fsp3) is 0.118. The van der Waals surface area contributed by atoms with Crippen LogP contribution in [0.25, 0.3) is 11.3 Å². The molecule has 1 aromatic carbocycles. The van der Waals surface area contributed by atoms with Gasteiger partial charge in [-0.25, -0.2) is 4.98 Å². The van der Waals surface area contributed by atoms with E-state index in [-0.39, 0.29) is 17.2 Å². The molecule has 2 aromatic heterocycles. The normalized spacial score (nSPS) is 10.3. The van der Waals surface area contributed by atoms with Gasteiger partial charge in [-0.05, 0) is 19.1 Å². The highest BCUT2D eigenvalue weighted by atomic mass is 32.1. The number of benzene rings is 1. The number of methoxy groups -OCH3 is 1. The maximum Gasteiger partial charge on any atom is 0.271 e. The number of rotatable bonds is 7. The minimum atomic E-state index is -0.757. The molecule has 0 saturated heterocycles. The van der Waals surface area contributed by atoms with Crippen molar-refractivity contribution in [1.82, 2.24) is 15.2 Å². The third-order valence-corrected chi connectivity index (χ3v) is 4.39. The lowest BCUT2D eigenvalue weighted by Crippen LogP contribution is -2.17. The third-order valence-electron chi connectivity index (χ3n) is 3.62. The van der Waals surface area contributed by atoms with Crippen molar-refractivity contribution >= 4 is 40.8 Å². The second-order valence-corrected chi connectivity index (χ2v) is 6.44. The van der Waals surface area contributed by atoms with E-state index in [1.54, 1.807) is 13.2 Å².